The molecule has 0 fully saturated rings. The molecule has 0 amide bonds. The van der Waals surface area contributed by atoms with E-state index in [1.807, 2.05) is 0 Å². The number of nitrogens with zero attached hydrogens (tertiary/aromatic N) is 2. The summed E-state index contributed by atoms with van der Waals surface area (Å²) in [6.07, 6.45) is 2.53. The van der Waals surface area contributed by atoms with Crippen molar-refractivity contribution >= 4 is 23.6 Å². The van der Waals surface area contributed by atoms with Crippen LogP contribution in [0.2, 0.25) is 0 Å². The molecule has 0 aromatic carbocycles. The molecule has 0 aliphatic rings. The Labute approximate surface area is 176 Å². The summed E-state index contributed by atoms with van der Waals surface area (Å²) in [7, 11) is 0. The van der Waals surface area contributed by atoms with E-state index in [0.717, 1.165) is 0 Å². The maximum absolute atomic E-state index is 13.0. The lowest BCUT2D eigenvalue weighted by molar-refractivity contribution is -0.143. The average molecular weight is 428 g/mol. The highest BCUT2D eigenvalue weighted by atomic mass is 16.5. The van der Waals surface area contributed by atoms with E-state index in [0.29, 0.717) is 9.13 Å². The zero-order chi connectivity index (χ0) is 22.5. The summed E-state index contributed by atoms with van der Waals surface area (Å²) < 4.78 is 16.3. The molecule has 0 N–H and O–H groups in total. The van der Waals surface area contributed by atoms with Crippen LogP contribution in [0.3, 0.4) is 0 Å². The number of carbonyl (C=O) groups excluding carboxylic acids is 4. The third-order valence-corrected chi connectivity index (χ3v) is 4.51. The predicted molar refractivity (Wildman–Crippen MR) is 105 cm³/mol. The molecule has 0 saturated heterocycles. The molecule has 0 unspecified atom stereocenters. The van der Waals surface area contributed by atoms with Crippen molar-refractivity contribution in [1.82, 2.24) is 9.13 Å². The van der Waals surface area contributed by atoms with Crippen molar-refractivity contribution in [3.8, 4) is 0 Å². The van der Waals surface area contributed by atoms with E-state index >= 15 is 0 Å². The zero-order valence-electron chi connectivity index (χ0n) is 17.0. The second kappa shape index (κ2) is 9.24. The molecule has 10 nitrogen and oxygen atoms in total. The highest BCUT2D eigenvalue weighted by Gasteiger charge is 2.31. The van der Waals surface area contributed by atoms with Gasteiger partial charge in [-0.05, 0) is 44.5 Å². The van der Waals surface area contributed by atoms with Crippen molar-refractivity contribution in [2.75, 3.05) is 6.61 Å². The summed E-state index contributed by atoms with van der Waals surface area (Å²) in [4.78, 5) is 63.1. The summed E-state index contributed by atoms with van der Waals surface area (Å²) >= 11 is 0. The van der Waals surface area contributed by atoms with Crippen LogP contribution in [0.5, 0.6) is 0 Å². The number of esters is 1. The molecule has 3 aromatic rings. The number of hydrogen-bond donors (Lipinski definition) is 0. The fourth-order valence-corrected chi connectivity index (χ4v) is 3.13. The number of ketones is 1. The number of hydrogen-bond acceptors (Lipinski definition) is 8. The maximum Gasteiger partial charge on any atom is 0.343 e. The lowest BCUT2D eigenvalue weighted by atomic mass is 10.1. The number of carbonyl (C=O) groups is 4. The summed E-state index contributed by atoms with van der Waals surface area (Å²) in [6, 6.07) is 5.63. The monoisotopic (exact) mass is 428 g/mol. The van der Waals surface area contributed by atoms with E-state index in [4.69, 9.17) is 13.6 Å². The predicted octanol–water partition coefficient (Wildman–Crippen LogP) is 2.44. The molecular weight excluding hydrogens is 408 g/mol. The molecule has 0 aliphatic heterocycles. The van der Waals surface area contributed by atoms with Gasteiger partial charge in [-0.1, -0.05) is 0 Å². The van der Waals surface area contributed by atoms with Crippen LogP contribution in [0.15, 0.2) is 50.4 Å². The number of furan rings is 2. The van der Waals surface area contributed by atoms with E-state index in [-0.39, 0.29) is 48.8 Å². The molecule has 0 radical (unpaired) electrons. The average Bonchev–Trinajstić information content (AvgIpc) is 3.48. The van der Waals surface area contributed by atoms with Crippen LogP contribution in [0, 0.1) is 6.92 Å². The molecule has 3 aromatic heterocycles. The van der Waals surface area contributed by atoms with Crippen molar-refractivity contribution < 1.29 is 32.7 Å². The molecule has 3 heterocycles. The summed E-state index contributed by atoms with van der Waals surface area (Å²) in [6.45, 7) is 3.28. The Bertz CT molecular complexity index is 1160. The van der Waals surface area contributed by atoms with E-state index in [1.165, 1.54) is 43.7 Å². The highest BCUT2D eigenvalue weighted by Crippen LogP contribution is 2.16. The fraction of sp³-hybridized carbons (Fsp3) is 0.286. The van der Waals surface area contributed by atoms with Crippen LogP contribution in [0.1, 0.15) is 63.5 Å². The molecular formula is C21H20N2O8. The first-order valence-electron chi connectivity index (χ1n) is 9.56. The van der Waals surface area contributed by atoms with E-state index in [2.05, 4.69) is 0 Å². The van der Waals surface area contributed by atoms with Crippen LogP contribution < -0.4 is 5.69 Å². The van der Waals surface area contributed by atoms with Crippen molar-refractivity contribution in [3.63, 3.8) is 0 Å². The molecule has 0 saturated carbocycles. The van der Waals surface area contributed by atoms with Gasteiger partial charge in [0.2, 0.25) is 0 Å². The van der Waals surface area contributed by atoms with Crippen LogP contribution in [0.25, 0.3) is 0 Å². The van der Waals surface area contributed by atoms with Gasteiger partial charge >= 0.3 is 23.5 Å². The third-order valence-electron chi connectivity index (χ3n) is 4.51. The van der Waals surface area contributed by atoms with Crippen molar-refractivity contribution in [2.24, 2.45) is 0 Å². The van der Waals surface area contributed by atoms with Crippen LogP contribution >= 0.6 is 0 Å². The lowest BCUT2D eigenvalue weighted by Gasteiger charge is -2.06. The summed E-state index contributed by atoms with van der Waals surface area (Å²) in [5.41, 5.74) is -1.29. The first-order chi connectivity index (χ1) is 14.9. The Morgan fingerprint density at radius 3 is 2.03 bits per heavy atom. The largest absolute Gasteiger partial charge is 0.466 e. The quantitative estimate of drug-likeness (QED) is 0.395. The Kier molecular flexibility index (Phi) is 6.49. The maximum atomic E-state index is 13.0. The number of rotatable bonds is 8. The van der Waals surface area contributed by atoms with Gasteiger partial charge in [0.15, 0.2) is 17.3 Å². The van der Waals surface area contributed by atoms with Crippen molar-refractivity contribution in [3.05, 3.63) is 70.2 Å². The van der Waals surface area contributed by atoms with Gasteiger partial charge in [-0.3, -0.25) is 19.2 Å². The van der Waals surface area contributed by atoms with Gasteiger partial charge in [-0.2, -0.15) is 0 Å². The first-order valence-corrected chi connectivity index (χ1v) is 9.56. The fourth-order valence-electron chi connectivity index (χ4n) is 3.13. The number of aromatic nitrogens is 2. The Morgan fingerprint density at radius 2 is 1.52 bits per heavy atom. The second-order valence-electron chi connectivity index (χ2n) is 6.53. The molecule has 0 bridgehead atoms. The first kappa shape index (κ1) is 21.8. The topological polar surface area (TPSA) is 131 Å². The van der Waals surface area contributed by atoms with Gasteiger partial charge in [0.25, 0.3) is 0 Å². The van der Waals surface area contributed by atoms with Gasteiger partial charge < -0.3 is 13.6 Å². The smallest absolute Gasteiger partial charge is 0.343 e. The highest BCUT2D eigenvalue weighted by molar-refractivity contribution is 6.04. The minimum Gasteiger partial charge on any atom is -0.466 e. The van der Waals surface area contributed by atoms with Crippen LogP contribution in [-0.2, 0) is 9.53 Å². The number of imidazole rings is 1. The SMILES string of the molecule is CCOC(=O)CCCC(=O)c1c(C)n(C(=O)c2ccco2)c(=O)n1C(=O)c1ccco1. The number of ether oxygens (including phenoxy) is 1. The Hall–Kier alpha value is -3.95. The van der Waals surface area contributed by atoms with E-state index in [9.17, 15) is 24.0 Å². The van der Waals surface area contributed by atoms with Gasteiger partial charge in [0.05, 0.1) is 24.8 Å². The van der Waals surface area contributed by atoms with Crippen molar-refractivity contribution in [1.29, 1.82) is 0 Å². The lowest BCUT2D eigenvalue weighted by Crippen LogP contribution is -2.34. The molecule has 31 heavy (non-hydrogen) atoms. The molecule has 10 heteroatoms. The van der Waals surface area contributed by atoms with Crippen LogP contribution in [0.4, 0.5) is 0 Å². The normalized spacial score (nSPS) is 10.8. The molecule has 0 spiro atoms. The van der Waals surface area contributed by atoms with Gasteiger partial charge in [-0.15, -0.1) is 0 Å². The number of Topliss-reactive ketones (excluding diaryl/α,β-unsaturated/α-hetero) is 1. The minimum atomic E-state index is -1.02. The zero-order valence-corrected chi connectivity index (χ0v) is 17.0. The van der Waals surface area contributed by atoms with Crippen molar-refractivity contribution in [2.45, 2.75) is 33.1 Å². The Morgan fingerprint density at radius 1 is 0.935 bits per heavy atom. The van der Waals surface area contributed by atoms with E-state index < -0.39 is 29.3 Å². The summed E-state index contributed by atoms with van der Waals surface area (Å²) in [5.74, 6) is -3.05. The minimum absolute atomic E-state index is 0.00102. The molecule has 162 valence electrons. The second-order valence-corrected chi connectivity index (χ2v) is 6.53. The third kappa shape index (κ3) is 4.32. The molecule has 3 rings (SSSR count). The molecule has 0 aliphatic carbocycles. The molecule has 0 atom stereocenters. The van der Waals surface area contributed by atoms with Crippen LogP contribution in [-0.4, -0.2) is 39.3 Å². The summed E-state index contributed by atoms with van der Waals surface area (Å²) in [5, 5.41) is 0. The van der Waals surface area contributed by atoms with Gasteiger partial charge in [0.1, 0.15) is 5.69 Å². The van der Waals surface area contributed by atoms with Gasteiger partial charge in [-0.25, -0.2) is 13.9 Å². The standard InChI is InChI=1S/C21H20N2O8/c1-3-29-17(25)10-4-7-14(24)18-13(2)22(19(26)15-8-5-11-30-15)21(28)23(18)20(27)16-9-6-12-31-16/h5-6,8-9,11-12H,3-4,7,10H2,1-2H3. The van der Waals surface area contributed by atoms with Gasteiger partial charge in [0, 0.05) is 12.8 Å². The van der Waals surface area contributed by atoms with E-state index in [1.54, 1.807) is 6.92 Å². The Balaban J connectivity index is 2.02.